The number of aliphatic hydroxyl groups is 1. The summed E-state index contributed by atoms with van der Waals surface area (Å²) >= 11 is 1.61. The van der Waals surface area contributed by atoms with E-state index in [9.17, 15) is 14.7 Å². The van der Waals surface area contributed by atoms with E-state index in [0.29, 0.717) is 38.3 Å². The highest BCUT2D eigenvalue weighted by Crippen LogP contribution is 2.35. The Bertz CT molecular complexity index is 870. The van der Waals surface area contributed by atoms with Crippen LogP contribution < -0.4 is 5.32 Å². The van der Waals surface area contributed by atoms with Gasteiger partial charge in [-0.2, -0.15) is 0 Å². The van der Waals surface area contributed by atoms with Crippen LogP contribution in [0.2, 0.25) is 0 Å². The second-order valence-electron chi connectivity index (χ2n) is 7.79. The van der Waals surface area contributed by atoms with Gasteiger partial charge in [0, 0.05) is 43.5 Å². The fourth-order valence-electron chi connectivity index (χ4n) is 3.96. The lowest BCUT2D eigenvalue weighted by Crippen LogP contribution is -2.44. The van der Waals surface area contributed by atoms with Crippen molar-refractivity contribution in [3.8, 4) is 0 Å². The molecule has 1 saturated carbocycles. The Hall–Kier alpha value is -2.19. The van der Waals surface area contributed by atoms with Gasteiger partial charge in [-0.3, -0.25) is 9.59 Å². The summed E-state index contributed by atoms with van der Waals surface area (Å²) < 4.78 is 1.85. The van der Waals surface area contributed by atoms with Crippen LogP contribution in [0, 0.1) is 0 Å². The van der Waals surface area contributed by atoms with Crippen LogP contribution in [0.3, 0.4) is 0 Å². The minimum Gasteiger partial charge on any atom is -0.389 e. The standard InChI is InChI=1S/C20H26N4O3S/c1-23-16-6-10-24(17(25)12-20(27)7-3-8-20)9-5-15(16)22-18(23)19(26)21-13-14-4-2-11-28-14/h2,4,11,27H,3,5-10,12-13H2,1H3,(H,21,26). The predicted octanol–water partition coefficient (Wildman–Crippen LogP) is 1.64. The molecule has 0 bridgehead atoms. The minimum atomic E-state index is -0.789. The molecule has 28 heavy (non-hydrogen) atoms. The molecular formula is C20H26N4O3S. The summed E-state index contributed by atoms with van der Waals surface area (Å²) in [6.07, 6.45) is 3.95. The van der Waals surface area contributed by atoms with Gasteiger partial charge in [-0.1, -0.05) is 6.07 Å². The molecule has 0 saturated heterocycles. The Morgan fingerprint density at radius 2 is 2.11 bits per heavy atom. The van der Waals surface area contributed by atoms with Crippen molar-refractivity contribution < 1.29 is 14.7 Å². The van der Waals surface area contributed by atoms with Crippen molar-refractivity contribution in [2.75, 3.05) is 13.1 Å². The number of carbonyl (C=O) groups is 2. The number of rotatable bonds is 5. The molecule has 8 heteroatoms. The molecule has 1 fully saturated rings. The third-order valence-electron chi connectivity index (χ3n) is 5.86. The average Bonchev–Trinajstić information content (AvgIpc) is 3.21. The van der Waals surface area contributed by atoms with E-state index in [1.54, 1.807) is 11.3 Å². The molecule has 0 unspecified atom stereocenters. The normalized spacial score (nSPS) is 18.1. The van der Waals surface area contributed by atoms with Crippen LogP contribution in [0.4, 0.5) is 0 Å². The van der Waals surface area contributed by atoms with Gasteiger partial charge in [0.1, 0.15) is 0 Å². The monoisotopic (exact) mass is 402 g/mol. The van der Waals surface area contributed by atoms with Crippen LogP contribution >= 0.6 is 11.3 Å². The first-order chi connectivity index (χ1) is 13.5. The fourth-order valence-corrected chi connectivity index (χ4v) is 4.61. The van der Waals surface area contributed by atoms with E-state index in [4.69, 9.17) is 0 Å². The topological polar surface area (TPSA) is 87.5 Å². The summed E-state index contributed by atoms with van der Waals surface area (Å²) in [5, 5.41) is 15.2. The first-order valence-corrected chi connectivity index (χ1v) is 10.7. The van der Waals surface area contributed by atoms with E-state index in [1.165, 1.54) is 0 Å². The summed E-state index contributed by atoms with van der Waals surface area (Å²) in [5.74, 6) is 0.262. The Balaban J connectivity index is 1.39. The number of hydrogen-bond donors (Lipinski definition) is 2. The molecule has 4 rings (SSSR count). The van der Waals surface area contributed by atoms with Crippen molar-refractivity contribution in [2.45, 2.75) is 50.7 Å². The van der Waals surface area contributed by atoms with Gasteiger partial charge in [-0.05, 0) is 30.7 Å². The molecule has 7 nitrogen and oxygen atoms in total. The maximum absolute atomic E-state index is 12.6. The summed E-state index contributed by atoms with van der Waals surface area (Å²) in [6, 6.07) is 3.95. The number of thiophene rings is 1. The summed E-state index contributed by atoms with van der Waals surface area (Å²) in [7, 11) is 1.86. The predicted molar refractivity (Wildman–Crippen MR) is 106 cm³/mol. The van der Waals surface area contributed by atoms with Gasteiger partial charge in [0.05, 0.1) is 24.3 Å². The highest BCUT2D eigenvalue weighted by Gasteiger charge is 2.38. The highest BCUT2D eigenvalue weighted by atomic mass is 32.1. The smallest absolute Gasteiger partial charge is 0.287 e. The molecule has 2 N–H and O–H groups in total. The van der Waals surface area contributed by atoms with E-state index < -0.39 is 5.60 Å². The van der Waals surface area contributed by atoms with Crippen molar-refractivity contribution in [3.63, 3.8) is 0 Å². The quantitative estimate of drug-likeness (QED) is 0.796. The third kappa shape index (κ3) is 3.84. The molecule has 2 amide bonds. The zero-order valence-electron chi connectivity index (χ0n) is 16.1. The zero-order chi connectivity index (χ0) is 19.7. The molecule has 1 aliphatic carbocycles. The number of nitrogens with zero attached hydrogens (tertiary/aromatic N) is 3. The van der Waals surface area contributed by atoms with Crippen molar-refractivity contribution >= 4 is 23.2 Å². The molecule has 0 radical (unpaired) electrons. The maximum Gasteiger partial charge on any atom is 0.287 e. The van der Waals surface area contributed by atoms with Gasteiger partial charge < -0.3 is 19.9 Å². The van der Waals surface area contributed by atoms with Crippen LogP contribution in [-0.4, -0.2) is 50.1 Å². The number of hydrogen-bond acceptors (Lipinski definition) is 5. The second-order valence-corrected chi connectivity index (χ2v) is 8.82. The molecule has 2 aromatic heterocycles. The van der Waals surface area contributed by atoms with Crippen LogP contribution in [0.25, 0.3) is 0 Å². The van der Waals surface area contributed by atoms with Gasteiger partial charge in [-0.15, -0.1) is 11.3 Å². The van der Waals surface area contributed by atoms with Crippen LogP contribution in [0.1, 0.15) is 52.6 Å². The second kappa shape index (κ2) is 7.67. The summed E-state index contributed by atoms with van der Waals surface area (Å²) in [5.41, 5.74) is 1.11. The van der Waals surface area contributed by atoms with Gasteiger partial charge in [0.2, 0.25) is 5.91 Å². The van der Waals surface area contributed by atoms with Gasteiger partial charge in [0.25, 0.3) is 5.91 Å². The first-order valence-electron chi connectivity index (χ1n) is 9.80. The van der Waals surface area contributed by atoms with Gasteiger partial charge in [-0.25, -0.2) is 4.98 Å². The number of carbonyl (C=O) groups excluding carboxylic acids is 2. The largest absolute Gasteiger partial charge is 0.389 e. The van der Waals surface area contributed by atoms with E-state index in [2.05, 4.69) is 10.3 Å². The summed E-state index contributed by atoms with van der Waals surface area (Å²) in [6.45, 7) is 1.67. The van der Waals surface area contributed by atoms with Crippen LogP contribution in [0.15, 0.2) is 17.5 Å². The molecule has 0 spiro atoms. The van der Waals surface area contributed by atoms with Crippen molar-refractivity contribution in [1.29, 1.82) is 0 Å². The number of nitrogens with one attached hydrogen (secondary N) is 1. The Morgan fingerprint density at radius 1 is 1.32 bits per heavy atom. The Kier molecular flexibility index (Phi) is 5.25. The highest BCUT2D eigenvalue weighted by molar-refractivity contribution is 7.09. The molecule has 2 aliphatic rings. The number of aromatic nitrogens is 2. The van der Waals surface area contributed by atoms with E-state index in [1.807, 2.05) is 34.0 Å². The lowest BCUT2D eigenvalue weighted by Gasteiger charge is -2.37. The minimum absolute atomic E-state index is 0.0175. The number of imidazole rings is 1. The van der Waals surface area contributed by atoms with Crippen molar-refractivity contribution in [2.24, 2.45) is 7.05 Å². The van der Waals surface area contributed by atoms with E-state index in [-0.39, 0.29) is 18.2 Å². The van der Waals surface area contributed by atoms with Gasteiger partial charge in [0.15, 0.2) is 5.82 Å². The van der Waals surface area contributed by atoms with Gasteiger partial charge >= 0.3 is 0 Å². The van der Waals surface area contributed by atoms with Crippen molar-refractivity contribution in [1.82, 2.24) is 19.8 Å². The van der Waals surface area contributed by atoms with E-state index in [0.717, 1.165) is 35.5 Å². The molecule has 3 heterocycles. The van der Waals surface area contributed by atoms with Crippen LogP contribution in [-0.2, 0) is 31.2 Å². The van der Waals surface area contributed by atoms with Crippen molar-refractivity contribution in [3.05, 3.63) is 39.6 Å². The Morgan fingerprint density at radius 3 is 2.79 bits per heavy atom. The first kappa shape index (κ1) is 19.1. The number of fused-ring (bicyclic) bond motifs is 1. The van der Waals surface area contributed by atoms with E-state index >= 15 is 0 Å². The zero-order valence-corrected chi connectivity index (χ0v) is 16.9. The molecule has 1 aliphatic heterocycles. The molecule has 0 atom stereocenters. The number of amides is 2. The maximum atomic E-state index is 12.6. The lowest BCUT2D eigenvalue weighted by molar-refractivity contribution is -0.140. The third-order valence-corrected chi connectivity index (χ3v) is 6.73. The molecule has 0 aromatic carbocycles. The Labute approximate surface area is 168 Å². The SMILES string of the molecule is Cn1c(C(=O)NCc2cccs2)nc2c1CCN(C(=O)CC1(O)CCC1)CC2. The molecular weight excluding hydrogens is 376 g/mol. The summed E-state index contributed by atoms with van der Waals surface area (Å²) in [4.78, 5) is 32.6. The molecule has 150 valence electrons. The average molecular weight is 403 g/mol. The lowest BCUT2D eigenvalue weighted by atomic mass is 9.77. The van der Waals surface area contributed by atoms with Crippen LogP contribution in [0.5, 0.6) is 0 Å². The fraction of sp³-hybridized carbons (Fsp3) is 0.550. The molecule has 2 aromatic rings.